The molecule has 4 bridgehead atoms. The van der Waals surface area contributed by atoms with Gasteiger partial charge in [-0.15, -0.1) is 0 Å². The molecule has 4 saturated carbocycles. The lowest BCUT2D eigenvalue weighted by atomic mass is 9.53. The van der Waals surface area contributed by atoms with Crippen LogP contribution in [0.4, 0.5) is 0 Å². The first-order chi connectivity index (χ1) is 14.2. The quantitative estimate of drug-likeness (QED) is 0.674. The average Bonchev–Trinajstić information content (AvgIpc) is 2.64. The monoisotopic (exact) mass is 413 g/mol. The molecule has 1 aromatic rings. The maximum Gasteiger partial charge on any atom is 0.309 e. The first-order valence-corrected chi connectivity index (χ1v) is 11.4. The van der Waals surface area contributed by atoms with E-state index in [1.807, 2.05) is 24.3 Å². The third-order valence-electron chi connectivity index (χ3n) is 7.10. The SMILES string of the molecule is CC(C)(C)c1ccc(OCCC(=O)OCC(=O)NC23CC4CC(CC(C4)C2)C3)cc1. The number of carbonyl (C=O) groups is 2. The summed E-state index contributed by atoms with van der Waals surface area (Å²) in [6, 6.07) is 7.93. The van der Waals surface area contributed by atoms with Gasteiger partial charge in [0.25, 0.3) is 5.91 Å². The van der Waals surface area contributed by atoms with Crippen LogP contribution in [0.2, 0.25) is 0 Å². The number of ether oxygens (including phenoxy) is 2. The van der Waals surface area contributed by atoms with Crippen LogP contribution in [0.15, 0.2) is 24.3 Å². The second-order valence-corrected chi connectivity index (χ2v) is 10.8. The molecule has 4 fully saturated rings. The Balaban J connectivity index is 1.16. The molecule has 0 saturated heterocycles. The van der Waals surface area contributed by atoms with Gasteiger partial charge in [0.05, 0.1) is 13.0 Å². The first kappa shape index (κ1) is 21.2. The normalized spacial score (nSPS) is 29.5. The molecule has 5 nitrogen and oxygen atoms in total. The van der Waals surface area contributed by atoms with Gasteiger partial charge in [0.15, 0.2) is 6.61 Å². The lowest BCUT2D eigenvalue weighted by Crippen LogP contribution is -2.60. The summed E-state index contributed by atoms with van der Waals surface area (Å²) < 4.78 is 10.8. The fourth-order valence-electron chi connectivity index (χ4n) is 6.12. The second kappa shape index (κ2) is 8.24. The summed E-state index contributed by atoms with van der Waals surface area (Å²) in [7, 11) is 0. The molecule has 4 aliphatic carbocycles. The van der Waals surface area contributed by atoms with Crippen molar-refractivity contribution in [1.29, 1.82) is 0 Å². The van der Waals surface area contributed by atoms with E-state index in [1.54, 1.807) is 0 Å². The molecule has 0 heterocycles. The van der Waals surface area contributed by atoms with Crippen LogP contribution < -0.4 is 10.1 Å². The van der Waals surface area contributed by atoms with Gasteiger partial charge in [0.1, 0.15) is 5.75 Å². The summed E-state index contributed by atoms with van der Waals surface area (Å²) >= 11 is 0. The molecule has 0 aliphatic heterocycles. The third-order valence-corrected chi connectivity index (χ3v) is 7.10. The predicted octanol–water partition coefficient (Wildman–Crippen LogP) is 4.38. The van der Waals surface area contributed by atoms with Gasteiger partial charge in [-0.25, -0.2) is 0 Å². The van der Waals surface area contributed by atoms with Gasteiger partial charge in [-0.2, -0.15) is 0 Å². The lowest BCUT2D eigenvalue weighted by molar-refractivity contribution is -0.150. The van der Waals surface area contributed by atoms with Crippen molar-refractivity contribution in [2.45, 2.75) is 76.7 Å². The first-order valence-electron chi connectivity index (χ1n) is 11.4. The summed E-state index contributed by atoms with van der Waals surface area (Å²) in [5, 5.41) is 3.23. The maximum atomic E-state index is 12.4. The van der Waals surface area contributed by atoms with E-state index in [4.69, 9.17) is 9.47 Å². The number of carbonyl (C=O) groups excluding carboxylic acids is 2. The van der Waals surface area contributed by atoms with Crippen molar-refractivity contribution in [3.63, 3.8) is 0 Å². The molecule has 0 spiro atoms. The molecule has 1 N–H and O–H groups in total. The Morgan fingerprint density at radius 3 is 2.10 bits per heavy atom. The Morgan fingerprint density at radius 2 is 1.57 bits per heavy atom. The highest BCUT2D eigenvalue weighted by Crippen LogP contribution is 2.55. The summed E-state index contributed by atoms with van der Waals surface area (Å²) in [4.78, 5) is 24.4. The highest BCUT2D eigenvalue weighted by molar-refractivity contribution is 5.81. The van der Waals surface area contributed by atoms with Crippen molar-refractivity contribution in [2.75, 3.05) is 13.2 Å². The van der Waals surface area contributed by atoms with Gasteiger partial charge >= 0.3 is 5.97 Å². The molecule has 0 aromatic heterocycles. The molecular formula is C25H35NO4. The molecule has 1 aromatic carbocycles. The van der Waals surface area contributed by atoms with Crippen molar-refractivity contribution in [3.8, 4) is 5.75 Å². The van der Waals surface area contributed by atoms with E-state index in [2.05, 4.69) is 26.1 Å². The standard InChI is InChI=1S/C25H35NO4/c1-24(2,3)20-4-6-21(7-5-20)29-9-8-23(28)30-16-22(27)26-25-13-17-10-18(14-25)12-19(11-17)15-25/h4-7,17-19H,8-16H2,1-3H3,(H,26,27). The van der Waals surface area contributed by atoms with Crippen LogP contribution >= 0.6 is 0 Å². The minimum atomic E-state index is -0.401. The number of rotatable bonds is 7. The molecule has 5 heteroatoms. The van der Waals surface area contributed by atoms with Crippen molar-refractivity contribution < 1.29 is 19.1 Å². The molecular weight excluding hydrogens is 378 g/mol. The molecule has 4 aliphatic rings. The molecule has 0 atom stereocenters. The van der Waals surface area contributed by atoms with E-state index in [0.717, 1.165) is 42.8 Å². The van der Waals surface area contributed by atoms with E-state index >= 15 is 0 Å². The van der Waals surface area contributed by atoms with E-state index in [1.165, 1.54) is 24.8 Å². The number of nitrogens with one attached hydrogen (secondary N) is 1. The highest BCUT2D eigenvalue weighted by atomic mass is 16.5. The van der Waals surface area contributed by atoms with Crippen molar-refractivity contribution in [2.24, 2.45) is 17.8 Å². The van der Waals surface area contributed by atoms with Crippen LogP contribution in [0.3, 0.4) is 0 Å². The predicted molar refractivity (Wildman–Crippen MR) is 115 cm³/mol. The molecule has 5 rings (SSSR count). The minimum Gasteiger partial charge on any atom is -0.493 e. The number of benzene rings is 1. The summed E-state index contributed by atoms with van der Waals surface area (Å²) in [6.45, 7) is 6.54. The van der Waals surface area contributed by atoms with Crippen LogP contribution in [0.5, 0.6) is 5.75 Å². The number of hydrogen-bond donors (Lipinski definition) is 1. The summed E-state index contributed by atoms with van der Waals surface area (Å²) in [5.41, 5.74) is 1.29. The molecule has 0 unspecified atom stereocenters. The largest absolute Gasteiger partial charge is 0.493 e. The minimum absolute atomic E-state index is 0.0411. The Bertz CT molecular complexity index is 742. The zero-order valence-electron chi connectivity index (χ0n) is 18.5. The smallest absolute Gasteiger partial charge is 0.309 e. The zero-order valence-corrected chi connectivity index (χ0v) is 18.5. The van der Waals surface area contributed by atoms with Gasteiger partial charge in [-0.3, -0.25) is 9.59 Å². The van der Waals surface area contributed by atoms with Crippen molar-refractivity contribution in [3.05, 3.63) is 29.8 Å². The van der Waals surface area contributed by atoms with Gasteiger partial charge < -0.3 is 14.8 Å². The molecule has 1 amide bonds. The van der Waals surface area contributed by atoms with E-state index in [9.17, 15) is 9.59 Å². The highest BCUT2D eigenvalue weighted by Gasteiger charge is 2.51. The van der Waals surface area contributed by atoms with Gasteiger partial charge in [-0.1, -0.05) is 32.9 Å². The van der Waals surface area contributed by atoms with Crippen LogP contribution in [0.25, 0.3) is 0 Å². The Labute approximate surface area is 179 Å². The fourth-order valence-corrected chi connectivity index (χ4v) is 6.12. The van der Waals surface area contributed by atoms with Crippen LogP contribution in [0.1, 0.15) is 71.3 Å². The average molecular weight is 414 g/mol. The summed E-state index contributed by atoms with van der Waals surface area (Å²) in [5.74, 6) is 2.48. The van der Waals surface area contributed by atoms with Crippen LogP contribution in [-0.4, -0.2) is 30.6 Å². The molecule has 0 radical (unpaired) electrons. The van der Waals surface area contributed by atoms with Gasteiger partial charge in [0.2, 0.25) is 0 Å². The Morgan fingerprint density at radius 1 is 1.00 bits per heavy atom. The van der Waals surface area contributed by atoms with Crippen molar-refractivity contribution in [1.82, 2.24) is 5.32 Å². The zero-order chi connectivity index (χ0) is 21.4. The topological polar surface area (TPSA) is 64.6 Å². The molecule has 30 heavy (non-hydrogen) atoms. The van der Waals surface area contributed by atoms with Crippen LogP contribution in [-0.2, 0) is 19.7 Å². The Kier molecular flexibility index (Phi) is 5.82. The summed E-state index contributed by atoms with van der Waals surface area (Å²) in [6.07, 6.45) is 7.43. The van der Waals surface area contributed by atoms with Gasteiger partial charge in [0, 0.05) is 5.54 Å². The van der Waals surface area contributed by atoms with Crippen LogP contribution in [0, 0.1) is 17.8 Å². The van der Waals surface area contributed by atoms with Gasteiger partial charge in [-0.05, 0) is 79.4 Å². The number of hydrogen-bond acceptors (Lipinski definition) is 4. The van der Waals surface area contributed by atoms with E-state index in [0.29, 0.717) is 0 Å². The molecule has 164 valence electrons. The van der Waals surface area contributed by atoms with Crippen molar-refractivity contribution >= 4 is 11.9 Å². The third kappa shape index (κ3) is 4.98. The Hall–Kier alpha value is -2.04. The second-order valence-electron chi connectivity index (χ2n) is 10.8. The van der Waals surface area contributed by atoms with E-state index < -0.39 is 5.97 Å². The fraction of sp³-hybridized carbons (Fsp3) is 0.680. The van der Waals surface area contributed by atoms with E-state index in [-0.39, 0.29) is 36.5 Å². The number of esters is 1. The lowest BCUT2D eigenvalue weighted by Gasteiger charge is -2.56. The number of amides is 1. The maximum absolute atomic E-state index is 12.4.